The van der Waals surface area contributed by atoms with E-state index in [0.29, 0.717) is 15.9 Å². The summed E-state index contributed by atoms with van der Waals surface area (Å²) in [6.07, 6.45) is 3.33. The summed E-state index contributed by atoms with van der Waals surface area (Å²) in [6.45, 7) is 0. The summed E-state index contributed by atoms with van der Waals surface area (Å²) in [5.41, 5.74) is 1.79. The Morgan fingerprint density at radius 2 is 1.61 bits per heavy atom. The van der Waals surface area contributed by atoms with Gasteiger partial charge in [0.15, 0.2) is 0 Å². The second kappa shape index (κ2) is 7.28. The molecule has 4 amide bonds. The second-order valence-corrected chi connectivity index (χ2v) is 6.99. The Morgan fingerprint density at radius 3 is 2.36 bits per heavy atom. The van der Waals surface area contributed by atoms with Crippen LogP contribution in [0.25, 0.3) is 11.8 Å². The number of anilines is 1. The van der Waals surface area contributed by atoms with Gasteiger partial charge in [-0.05, 0) is 48.5 Å². The van der Waals surface area contributed by atoms with Crippen LogP contribution >= 0.6 is 15.9 Å². The van der Waals surface area contributed by atoms with Crippen molar-refractivity contribution in [3.05, 3.63) is 88.7 Å². The van der Waals surface area contributed by atoms with E-state index in [9.17, 15) is 14.4 Å². The first-order valence-corrected chi connectivity index (χ1v) is 9.24. The number of nitrogens with zero attached hydrogens (tertiary/aromatic N) is 2. The molecule has 4 rings (SSSR count). The number of aromatic nitrogens is 1. The van der Waals surface area contributed by atoms with Crippen LogP contribution in [-0.2, 0) is 9.59 Å². The molecule has 0 saturated carbocycles. The van der Waals surface area contributed by atoms with Crippen LogP contribution in [0.15, 0.2) is 83.0 Å². The van der Waals surface area contributed by atoms with Gasteiger partial charge in [-0.15, -0.1) is 0 Å². The third-order valence-corrected chi connectivity index (χ3v) is 4.77. The fourth-order valence-electron chi connectivity index (χ4n) is 2.99. The number of benzene rings is 2. The Kier molecular flexibility index (Phi) is 4.67. The summed E-state index contributed by atoms with van der Waals surface area (Å²) in [5, 5.41) is 2.23. The molecule has 1 aliphatic heterocycles. The van der Waals surface area contributed by atoms with Gasteiger partial charge in [-0.1, -0.05) is 40.2 Å². The number of urea groups is 1. The van der Waals surface area contributed by atoms with Crippen molar-refractivity contribution in [1.29, 1.82) is 0 Å². The van der Waals surface area contributed by atoms with Crippen molar-refractivity contribution in [1.82, 2.24) is 9.88 Å². The first kappa shape index (κ1) is 17.9. The fourth-order valence-corrected chi connectivity index (χ4v) is 3.38. The van der Waals surface area contributed by atoms with E-state index < -0.39 is 17.8 Å². The molecule has 7 heteroatoms. The molecule has 0 unspecified atom stereocenters. The standard InChI is InChI=1S/C21H14BrN3O3/c22-14-6-4-9-17(12-14)25-20(27)18(19(26)23-21(25)28)13-16-10-5-11-24(16)15-7-2-1-3-8-15/h1-13H,(H,23,26,28)/b18-13+. The lowest BCUT2D eigenvalue weighted by atomic mass is 10.1. The molecule has 1 aromatic heterocycles. The molecule has 138 valence electrons. The number of carbonyl (C=O) groups is 3. The molecule has 2 heterocycles. The van der Waals surface area contributed by atoms with Crippen molar-refractivity contribution in [3.8, 4) is 5.69 Å². The molecule has 0 spiro atoms. The molecule has 3 aromatic rings. The summed E-state index contributed by atoms with van der Waals surface area (Å²) >= 11 is 3.33. The monoisotopic (exact) mass is 435 g/mol. The van der Waals surface area contributed by atoms with Crippen LogP contribution in [-0.4, -0.2) is 22.4 Å². The van der Waals surface area contributed by atoms with Gasteiger partial charge in [0, 0.05) is 22.1 Å². The maximum Gasteiger partial charge on any atom is 0.335 e. The maximum absolute atomic E-state index is 13.0. The van der Waals surface area contributed by atoms with Crippen LogP contribution in [0.2, 0.25) is 0 Å². The fraction of sp³-hybridized carbons (Fsp3) is 0. The molecule has 0 aliphatic carbocycles. The third kappa shape index (κ3) is 3.27. The van der Waals surface area contributed by atoms with Gasteiger partial charge in [-0.3, -0.25) is 14.9 Å². The van der Waals surface area contributed by atoms with Crippen molar-refractivity contribution in [2.24, 2.45) is 0 Å². The number of para-hydroxylation sites is 1. The molecule has 1 saturated heterocycles. The first-order valence-electron chi connectivity index (χ1n) is 8.44. The van der Waals surface area contributed by atoms with E-state index in [2.05, 4.69) is 21.2 Å². The zero-order valence-corrected chi connectivity index (χ0v) is 16.1. The topological polar surface area (TPSA) is 71.4 Å². The number of halogens is 1. The van der Waals surface area contributed by atoms with E-state index in [-0.39, 0.29) is 5.57 Å². The Hall–Kier alpha value is -3.45. The van der Waals surface area contributed by atoms with Crippen molar-refractivity contribution in [3.63, 3.8) is 0 Å². The van der Waals surface area contributed by atoms with Crippen LogP contribution < -0.4 is 10.2 Å². The molecule has 0 atom stereocenters. The highest BCUT2D eigenvalue weighted by molar-refractivity contribution is 9.10. The van der Waals surface area contributed by atoms with Crippen LogP contribution in [0, 0.1) is 0 Å². The predicted molar refractivity (Wildman–Crippen MR) is 109 cm³/mol. The van der Waals surface area contributed by atoms with Gasteiger partial charge in [0.05, 0.1) is 5.69 Å². The average Bonchev–Trinajstić information content (AvgIpc) is 3.14. The van der Waals surface area contributed by atoms with E-state index in [4.69, 9.17) is 0 Å². The minimum atomic E-state index is -0.774. The van der Waals surface area contributed by atoms with Crippen molar-refractivity contribution >= 4 is 45.5 Å². The van der Waals surface area contributed by atoms with Gasteiger partial charge in [0.1, 0.15) is 5.57 Å². The highest BCUT2D eigenvalue weighted by Gasteiger charge is 2.37. The normalized spacial score (nSPS) is 15.8. The molecule has 0 radical (unpaired) electrons. The van der Waals surface area contributed by atoms with Crippen molar-refractivity contribution in [2.75, 3.05) is 4.90 Å². The van der Waals surface area contributed by atoms with Gasteiger partial charge in [-0.2, -0.15) is 0 Å². The van der Waals surface area contributed by atoms with Crippen molar-refractivity contribution < 1.29 is 14.4 Å². The van der Waals surface area contributed by atoms with E-state index >= 15 is 0 Å². The molecule has 1 N–H and O–H groups in total. The average molecular weight is 436 g/mol. The highest BCUT2D eigenvalue weighted by atomic mass is 79.9. The summed E-state index contributed by atoms with van der Waals surface area (Å²) in [4.78, 5) is 38.6. The smallest absolute Gasteiger partial charge is 0.317 e. The number of hydrogen-bond donors (Lipinski definition) is 1. The van der Waals surface area contributed by atoms with Gasteiger partial charge in [0.25, 0.3) is 11.8 Å². The van der Waals surface area contributed by atoms with Gasteiger partial charge < -0.3 is 4.57 Å². The van der Waals surface area contributed by atoms with E-state index in [1.54, 1.807) is 30.3 Å². The number of amides is 4. The van der Waals surface area contributed by atoms with Gasteiger partial charge in [-0.25, -0.2) is 9.69 Å². The molecule has 1 aliphatic rings. The van der Waals surface area contributed by atoms with Crippen LogP contribution in [0.1, 0.15) is 5.69 Å². The highest BCUT2D eigenvalue weighted by Crippen LogP contribution is 2.25. The lowest BCUT2D eigenvalue weighted by Gasteiger charge is -2.26. The summed E-state index contributed by atoms with van der Waals surface area (Å²) in [5.74, 6) is -1.39. The van der Waals surface area contributed by atoms with Gasteiger partial charge in [0.2, 0.25) is 0 Å². The lowest BCUT2D eigenvalue weighted by Crippen LogP contribution is -2.54. The number of barbiturate groups is 1. The maximum atomic E-state index is 13.0. The minimum absolute atomic E-state index is 0.115. The second-order valence-electron chi connectivity index (χ2n) is 6.08. The molecule has 1 fully saturated rings. The molecule has 2 aromatic carbocycles. The summed E-state index contributed by atoms with van der Waals surface area (Å²) in [7, 11) is 0. The van der Waals surface area contributed by atoms with Gasteiger partial charge >= 0.3 is 6.03 Å². The van der Waals surface area contributed by atoms with Crippen LogP contribution in [0.5, 0.6) is 0 Å². The first-order chi connectivity index (χ1) is 13.5. The number of nitrogens with one attached hydrogen (secondary N) is 1. The van der Waals surface area contributed by atoms with E-state index in [1.807, 2.05) is 47.2 Å². The Morgan fingerprint density at radius 1 is 0.857 bits per heavy atom. The Bertz CT molecular complexity index is 1120. The van der Waals surface area contributed by atoms with Crippen molar-refractivity contribution in [2.45, 2.75) is 0 Å². The molecular formula is C21H14BrN3O3. The molecular weight excluding hydrogens is 422 g/mol. The summed E-state index contributed by atoms with van der Waals surface area (Å²) in [6, 6.07) is 19.1. The van der Waals surface area contributed by atoms with Crippen LogP contribution in [0.3, 0.4) is 0 Å². The SMILES string of the molecule is O=C1NC(=O)N(c2cccc(Br)c2)C(=O)/C1=C/c1cccn1-c1ccccc1. The number of carbonyl (C=O) groups excluding carboxylic acids is 3. The zero-order valence-electron chi connectivity index (χ0n) is 14.5. The molecule has 6 nitrogen and oxygen atoms in total. The van der Waals surface area contributed by atoms with Crippen LogP contribution in [0.4, 0.5) is 10.5 Å². The molecule has 0 bridgehead atoms. The third-order valence-electron chi connectivity index (χ3n) is 4.27. The van der Waals surface area contributed by atoms with E-state index in [0.717, 1.165) is 10.6 Å². The molecule has 28 heavy (non-hydrogen) atoms. The Balaban J connectivity index is 1.76. The summed E-state index contributed by atoms with van der Waals surface area (Å²) < 4.78 is 2.57. The quantitative estimate of drug-likeness (QED) is 0.500. The Labute approximate surface area is 169 Å². The minimum Gasteiger partial charge on any atom is -0.317 e. The number of hydrogen-bond acceptors (Lipinski definition) is 3. The number of imide groups is 2. The zero-order chi connectivity index (χ0) is 19.7. The number of rotatable bonds is 3. The van der Waals surface area contributed by atoms with E-state index in [1.165, 1.54) is 6.08 Å². The largest absolute Gasteiger partial charge is 0.335 e. The predicted octanol–water partition coefficient (Wildman–Crippen LogP) is 3.91. The lowest BCUT2D eigenvalue weighted by molar-refractivity contribution is -0.122.